The van der Waals surface area contributed by atoms with Gasteiger partial charge in [-0.05, 0) is 45.8 Å². The van der Waals surface area contributed by atoms with E-state index in [0.29, 0.717) is 23.5 Å². The Morgan fingerprint density at radius 1 is 1.33 bits per heavy atom. The van der Waals surface area contributed by atoms with Crippen molar-refractivity contribution in [2.75, 3.05) is 19.7 Å². The molecule has 1 aliphatic rings. The molecule has 0 spiro atoms. The van der Waals surface area contributed by atoms with Crippen molar-refractivity contribution in [2.45, 2.75) is 5.92 Å². The third-order valence-corrected chi connectivity index (χ3v) is 4.31. The van der Waals surface area contributed by atoms with Crippen LogP contribution in [0, 0.1) is 5.92 Å². The summed E-state index contributed by atoms with van der Waals surface area (Å²) >= 11 is 3.20. The number of pyridine rings is 1. The number of carbonyl (C=O) groups is 1. The van der Waals surface area contributed by atoms with Gasteiger partial charge >= 0.3 is 0 Å². The Labute approximate surface area is 130 Å². The molecule has 2 unspecified atom stereocenters. The molecule has 1 N–H and O–H groups in total. The number of amides is 1. The lowest BCUT2D eigenvalue weighted by molar-refractivity contribution is 0.0748. The van der Waals surface area contributed by atoms with Crippen LogP contribution in [-0.4, -0.2) is 40.6 Å². The van der Waals surface area contributed by atoms with Gasteiger partial charge in [-0.2, -0.15) is 0 Å². The highest BCUT2D eigenvalue weighted by Crippen LogP contribution is 2.33. The minimum absolute atomic E-state index is 0.0368. The van der Waals surface area contributed by atoms with Crippen molar-refractivity contribution in [3.05, 3.63) is 52.7 Å². The lowest BCUT2D eigenvalue weighted by Gasteiger charge is -2.15. The Bertz CT molecular complexity index is 629. The van der Waals surface area contributed by atoms with Crippen LogP contribution in [0.1, 0.15) is 22.0 Å². The number of carbonyl (C=O) groups excluding carboxylic acids is 1. The van der Waals surface area contributed by atoms with E-state index in [2.05, 4.69) is 20.9 Å². The second kappa shape index (κ2) is 5.99. The van der Waals surface area contributed by atoms with E-state index < -0.39 is 0 Å². The van der Waals surface area contributed by atoms with E-state index in [1.54, 1.807) is 29.4 Å². The molecule has 2 aromatic heterocycles. The first-order valence-corrected chi connectivity index (χ1v) is 7.53. The molecule has 3 heterocycles. The summed E-state index contributed by atoms with van der Waals surface area (Å²) in [6, 6.07) is 7.23. The summed E-state index contributed by atoms with van der Waals surface area (Å²) < 4.78 is 5.86. The van der Waals surface area contributed by atoms with Gasteiger partial charge in [0.15, 0.2) is 10.4 Å². The number of rotatable bonds is 3. The van der Waals surface area contributed by atoms with Crippen LogP contribution in [0.15, 0.2) is 45.7 Å². The van der Waals surface area contributed by atoms with Crippen molar-refractivity contribution < 1.29 is 14.3 Å². The summed E-state index contributed by atoms with van der Waals surface area (Å²) in [7, 11) is 0. The largest absolute Gasteiger partial charge is 0.444 e. The number of aliphatic hydroxyl groups excluding tert-OH is 1. The van der Waals surface area contributed by atoms with Crippen molar-refractivity contribution in [2.24, 2.45) is 5.92 Å². The molecule has 3 rings (SSSR count). The van der Waals surface area contributed by atoms with Gasteiger partial charge in [-0.1, -0.05) is 0 Å². The Morgan fingerprint density at radius 3 is 2.71 bits per heavy atom. The fraction of sp³-hybridized carbons (Fsp3) is 0.333. The molecular weight excluding hydrogens is 336 g/mol. The topological polar surface area (TPSA) is 66.6 Å². The third-order valence-electron chi connectivity index (χ3n) is 3.88. The summed E-state index contributed by atoms with van der Waals surface area (Å²) in [5.74, 6) is 0.333. The number of hydrogen-bond acceptors (Lipinski definition) is 4. The fourth-order valence-corrected chi connectivity index (χ4v) is 3.10. The van der Waals surface area contributed by atoms with Crippen LogP contribution >= 0.6 is 15.9 Å². The van der Waals surface area contributed by atoms with E-state index in [4.69, 9.17) is 4.42 Å². The lowest BCUT2D eigenvalue weighted by atomic mass is 9.90. The highest BCUT2D eigenvalue weighted by atomic mass is 79.9. The van der Waals surface area contributed by atoms with Gasteiger partial charge in [-0.15, -0.1) is 0 Å². The van der Waals surface area contributed by atoms with E-state index in [1.165, 1.54) is 0 Å². The predicted octanol–water partition coefficient (Wildman–Crippen LogP) is 2.29. The first-order valence-electron chi connectivity index (χ1n) is 6.74. The number of aromatic nitrogens is 1. The molecule has 6 heteroatoms. The number of likely N-dealkylation sites (tertiary alicyclic amines) is 1. The number of aliphatic hydroxyl groups is 1. The zero-order chi connectivity index (χ0) is 14.8. The minimum Gasteiger partial charge on any atom is -0.444 e. The van der Waals surface area contributed by atoms with Crippen LogP contribution in [0.5, 0.6) is 0 Å². The maximum Gasteiger partial charge on any atom is 0.289 e. The van der Waals surface area contributed by atoms with Crippen molar-refractivity contribution in [3.63, 3.8) is 0 Å². The van der Waals surface area contributed by atoms with Gasteiger partial charge in [0.1, 0.15) is 0 Å². The molecule has 0 bridgehead atoms. The van der Waals surface area contributed by atoms with Crippen molar-refractivity contribution in [3.8, 4) is 0 Å². The van der Waals surface area contributed by atoms with Gasteiger partial charge < -0.3 is 14.4 Å². The average Bonchev–Trinajstić information content (AvgIpc) is 3.13. The molecule has 1 amide bonds. The zero-order valence-corrected chi connectivity index (χ0v) is 12.9. The van der Waals surface area contributed by atoms with Gasteiger partial charge in [0.25, 0.3) is 5.91 Å². The first-order chi connectivity index (χ1) is 10.2. The van der Waals surface area contributed by atoms with Crippen LogP contribution in [0.2, 0.25) is 0 Å². The van der Waals surface area contributed by atoms with Crippen LogP contribution in [0.25, 0.3) is 0 Å². The van der Waals surface area contributed by atoms with Gasteiger partial charge in [0.05, 0.1) is 0 Å². The number of halogens is 1. The second-order valence-electron chi connectivity index (χ2n) is 5.14. The molecule has 2 atom stereocenters. The molecule has 21 heavy (non-hydrogen) atoms. The summed E-state index contributed by atoms with van der Waals surface area (Å²) in [5.41, 5.74) is 1.10. The third kappa shape index (κ3) is 2.87. The van der Waals surface area contributed by atoms with E-state index in [-0.39, 0.29) is 24.3 Å². The van der Waals surface area contributed by atoms with Gasteiger partial charge in [0, 0.05) is 43.9 Å². The molecule has 0 aromatic carbocycles. The predicted molar refractivity (Wildman–Crippen MR) is 79.9 cm³/mol. The molecule has 0 saturated carbocycles. The first kappa shape index (κ1) is 14.3. The van der Waals surface area contributed by atoms with Crippen LogP contribution in [0.3, 0.4) is 0 Å². The van der Waals surface area contributed by atoms with Crippen molar-refractivity contribution in [1.29, 1.82) is 0 Å². The van der Waals surface area contributed by atoms with Crippen LogP contribution in [-0.2, 0) is 0 Å². The number of nitrogens with zero attached hydrogens (tertiary/aromatic N) is 2. The molecule has 1 fully saturated rings. The van der Waals surface area contributed by atoms with Gasteiger partial charge in [0.2, 0.25) is 0 Å². The monoisotopic (exact) mass is 350 g/mol. The highest BCUT2D eigenvalue weighted by molar-refractivity contribution is 9.10. The standard InChI is InChI=1S/C15H15BrN2O3/c16-14-2-1-13(21-14)15(20)18-7-11(9-19)12(8-18)10-3-5-17-6-4-10/h1-6,11-12,19H,7-9H2. The molecule has 0 radical (unpaired) electrons. The average molecular weight is 351 g/mol. The molecule has 2 aromatic rings. The van der Waals surface area contributed by atoms with Crippen LogP contribution in [0.4, 0.5) is 0 Å². The van der Waals surface area contributed by atoms with E-state index in [0.717, 1.165) is 5.56 Å². The van der Waals surface area contributed by atoms with E-state index in [1.807, 2.05) is 12.1 Å². The van der Waals surface area contributed by atoms with Gasteiger partial charge in [-0.25, -0.2) is 0 Å². The molecule has 5 nitrogen and oxygen atoms in total. The second-order valence-corrected chi connectivity index (χ2v) is 5.93. The quantitative estimate of drug-likeness (QED) is 0.922. The fourth-order valence-electron chi connectivity index (χ4n) is 2.80. The van der Waals surface area contributed by atoms with E-state index >= 15 is 0 Å². The maximum absolute atomic E-state index is 12.4. The Hall–Kier alpha value is -1.66. The number of hydrogen-bond donors (Lipinski definition) is 1. The molecule has 1 saturated heterocycles. The molecule has 0 aliphatic carbocycles. The summed E-state index contributed by atoms with van der Waals surface area (Å²) in [5, 5.41) is 9.59. The van der Waals surface area contributed by atoms with Crippen molar-refractivity contribution >= 4 is 21.8 Å². The molecular formula is C15H15BrN2O3. The number of furan rings is 1. The summed E-state index contributed by atoms with van der Waals surface area (Å²) in [6.07, 6.45) is 3.47. The normalized spacial score (nSPS) is 21.7. The maximum atomic E-state index is 12.4. The highest BCUT2D eigenvalue weighted by Gasteiger charge is 2.36. The van der Waals surface area contributed by atoms with Gasteiger partial charge in [-0.3, -0.25) is 9.78 Å². The Balaban J connectivity index is 1.79. The molecule has 110 valence electrons. The smallest absolute Gasteiger partial charge is 0.289 e. The van der Waals surface area contributed by atoms with E-state index in [9.17, 15) is 9.90 Å². The molecule has 1 aliphatic heterocycles. The lowest BCUT2D eigenvalue weighted by Crippen LogP contribution is -2.28. The summed E-state index contributed by atoms with van der Waals surface area (Å²) in [6.45, 7) is 1.16. The van der Waals surface area contributed by atoms with Crippen molar-refractivity contribution in [1.82, 2.24) is 9.88 Å². The Kier molecular flexibility index (Phi) is 4.07. The Morgan fingerprint density at radius 2 is 2.10 bits per heavy atom. The minimum atomic E-state index is -0.143. The summed E-state index contributed by atoms with van der Waals surface area (Å²) in [4.78, 5) is 18.2. The zero-order valence-electron chi connectivity index (χ0n) is 11.3. The SMILES string of the molecule is O=C(c1ccc(Br)o1)N1CC(CO)C(c2ccncc2)C1. The van der Waals surface area contributed by atoms with Crippen LogP contribution < -0.4 is 0 Å².